The molecule has 0 saturated heterocycles. The van der Waals surface area contributed by atoms with Crippen LogP contribution in [0.1, 0.15) is 17.0 Å². The van der Waals surface area contributed by atoms with Gasteiger partial charge >= 0.3 is 0 Å². The van der Waals surface area contributed by atoms with Crippen LogP contribution < -0.4 is 10.5 Å². The Morgan fingerprint density at radius 1 is 1.14 bits per heavy atom. The number of ether oxygens (including phenoxy) is 1. The number of nitrogens with two attached hydrogens (primary N) is 1. The Hall–Kier alpha value is -3.65. The fraction of sp³-hybridized carbons (Fsp3) is 0.0952. The average Bonchev–Trinajstić information content (AvgIpc) is 3.39. The Balaban J connectivity index is 1.37. The van der Waals surface area contributed by atoms with Gasteiger partial charge in [-0.15, -0.1) is 11.3 Å². The number of aromatic nitrogens is 2. The number of aryl methyl sites for hydroxylation is 1. The van der Waals surface area contributed by atoms with Gasteiger partial charge in [0.05, 0.1) is 4.88 Å². The molecule has 0 fully saturated rings. The van der Waals surface area contributed by atoms with E-state index in [-0.39, 0.29) is 12.4 Å². The zero-order chi connectivity index (χ0) is 20.1. The molecule has 0 atom stereocenters. The molecule has 29 heavy (non-hydrogen) atoms. The summed E-state index contributed by atoms with van der Waals surface area (Å²) in [5.74, 6) is 2.65. The van der Waals surface area contributed by atoms with E-state index in [2.05, 4.69) is 15.1 Å². The van der Waals surface area contributed by atoms with Gasteiger partial charge in [-0.25, -0.2) is 9.97 Å². The van der Waals surface area contributed by atoms with Gasteiger partial charge in [0.1, 0.15) is 17.2 Å². The third kappa shape index (κ3) is 4.61. The Morgan fingerprint density at radius 3 is 2.72 bits per heavy atom. The summed E-state index contributed by atoms with van der Waals surface area (Å²) in [6.07, 6.45) is 1.58. The van der Waals surface area contributed by atoms with E-state index < -0.39 is 0 Å². The minimum absolute atomic E-state index is 0.157. The van der Waals surface area contributed by atoms with Crippen LogP contribution in [0.25, 0.3) is 10.8 Å². The van der Waals surface area contributed by atoms with E-state index in [9.17, 15) is 0 Å². The van der Waals surface area contributed by atoms with Gasteiger partial charge in [-0.3, -0.25) is 0 Å². The fourth-order valence-electron chi connectivity index (χ4n) is 2.48. The van der Waals surface area contributed by atoms with Gasteiger partial charge in [-0.05, 0) is 36.6 Å². The topological polar surface area (TPSA) is 95.8 Å². The van der Waals surface area contributed by atoms with E-state index >= 15 is 0 Å². The van der Waals surface area contributed by atoms with Crippen LogP contribution in [0.15, 0.2) is 75.7 Å². The van der Waals surface area contributed by atoms with Gasteiger partial charge in [0.15, 0.2) is 12.4 Å². The summed E-state index contributed by atoms with van der Waals surface area (Å²) in [6.45, 7) is 2.00. The Morgan fingerprint density at radius 2 is 2.00 bits per heavy atom. The van der Waals surface area contributed by atoms with Crippen LogP contribution in [0, 0.1) is 6.92 Å². The van der Waals surface area contributed by atoms with Crippen LogP contribution in [0.4, 0.5) is 0 Å². The molecule has 0 radical (unpaired) electrons. The molecular weight excluding hydrogens is 388 g/mol. The molecule has 3 aromatic heterocycles. The summed E-state index contributed by atoms with van der Waals surface area (Å²) in [5, 5.41) is 5.92. The second-order valence-corrected chi connectivity index (χ2v) is 7.00. The van der Waals surface area contributed by atoms with Gasteiger partial charge < -0.3 is 19.7 Å². The van der Waals surface area contributed by atoms with Crippen molar-refractivity contribution in [1.82, 2.24) is 9.97 Å². The van der Waals surface area contributed by atoms with Crippen LogP contribution >= 0.6 is 11.3 Å². The van der Waals surface area contributed by atoms with Crippen molar-refractivity contribution in [3.8, 4) is 22.4 Å². The molecule has 4 rings (SSSR count). The number of nitrogens with zero attached hydrogens (tertiary/aromatic N) is 3. The van der Waals surface area contributed by atoms with Crippen molar-refractivity contribution in [1.29, 1.82) is 0 Å². The van der Waals surface area contributed by atoms with E-state index in [0.717, 1.165) is 4.88 Å². The number of para-hydroxylation sites is 1. The summed E-state index contributed by atoms with van der Waals surface area (Å²) in [7, 11) is 0. The van der Waals surface area contributed by atoms with Crippen molar-refractivity contribution < 1.29 is 14.0 Å². The molecular formula is C21H18N4O3S. The van der Waals surface area contributed by atoms with Crippen LogP contribution in [0.3, 0.4) is 0 Å². The smallest absolute Gasteiger partial charge is 0.236 e. The highest BCUT2D eigenvalue weighted by Gasteiger charge is 2.12. The first-order valence-corrected chi connectivity index (χ1v) is 9.72. The van der Waals surface area contributed by atoms with E-state index in [4.69, 9.17) is 19.7 Å². The van der Waals surface area contributed by atoms with Crippen molar-refractivity contribution >= 4 is 17.2 Å². The van der Waals surface area contributed by atoms with Crippen molar-refractivity contribution in [2.75, 3.05) is 0 Å². The highest BCUT2D eigenvalue weighted by Crippen LogP contribution is 2.26. The first-order chi connectivity index (χ1) is 14.2. The molecule has 0 aliphatic rings. The number of rotatable bonds is 7. The third-order valence-electron chi connectivity index (χ3n) is 3.99. The Labute approximate surface area is 171 Å². The number of benzene rings is 1. The lowest BCUT2D eigenvalue weighted by Crippen LogP contribution is -2.14. The van der Waals surface area contributed by atoms with Crippen LogP contribution in [-0.4, -0.2) is 15.8 Å². The summed E-state index contributed by atoms with van der Waals surface area (Å²) in [4.78, 5) is 15.0. The highest BCUT2D eigenvalue weighted by molar-refractivity contribution is 7.13. The number of hydrogen-bond acceptors (Lipinski definition) is 7. The van der Waals surface area contributed by atoms with E-state index in [1.807, 2.05) is 54.8 Å². The van der Waals surface area contributed by atoms with Gasteiger partial charge in [0.2, 0.25) is 11.8 Å². The molecule has 1 aromatic carbocycles. The fourth-order valence-corrected chi connectivity index (χ4v) is 3.13. The van der Waals surface area contributed by atoms with Gasteiger partial charge in [0, 0.05) is 17.8 Å². The summed E-state index contributed by atoms with van der Waals surface area (Å²) in [5.41, 5.74) is 7.29. The molecule has 0 bridgehead atoms. The van der Waals surface area contributed by atoms with E-state index in [1.165, 1.54) is 0 Å². The molecule has 146 valence electrons. The molecule has 0 saturated carbocycles. The molecule has 0 unspecified atom stereocenters. The van der Waals surface area contributed by atoms with Gasteiger partial charge in [-0.2, -0.15) is 0 Å². The van der Waals surface area contributed by atoms with Crippen molar-refractivity contribution in [2.24, 2.45) is 10.9 Å². The molecule has 0 aliphatic heterocycles. The maximum atomic E-state index is 5.98. The Kier molecular flexibility index (Phi) is 5.53. The molecule has 4 aromatic rings. The average molecular weight is 406 g/mol. The molecule has 3 heterocycles. The van der Waals surface area contributed by atoms with Crippen LogP contribution in [-0.2, 0) is 11.4 Å². The molecule has 7 nitrogen and oxygen atoms in total. The molecule has 2 N–H and O–H groups in total. The predicted molar refractivity (Wildman–Crippen MR) is 111 cm³/mol. The van der Waals surface area contributed by atoms with Crippen molar-refractivity contribution in [2.45, 2.75) is 13.5 Å². The standard InChI is InChI=1S/C21H18N4O3S/c1-14-17(24-21(27-14)18-8-5-11-29-18)13-26-25-20(22)15-9-10-19(23-12-15)28-16-6-3-2-4-7-16/h2-12H,13H2,1H3,(H2,22,25). The van der Waals surface area contributed by atoms with Crippen molar-refractivity contribution in [3.05, 3.63) is 83.2 Å². The third-order valence-corrected chi connectivity index (χ3v) is 4.84. The van der Waals surface area contributed by atoms with Gasteiger partial charge in [-0.1, -0.05) is 29.4 Å². The lowest BCUT2D eigenvalue weighted by molar-refractivity contribution is 0.127. The first-order valence-electron chi connectivity index (χ1n) is 8.84. The number of hydrogen-bond donors (Lipinski definition) is 1. The number of amidine groups is 1. The first kappa shape index (κ1) is 18.7. The number of pyridine rings is 1. The Bertz CT molecular complexity index is 1090. The van der Waals surface area contributed by atoms with Crippen LogP contribution in [0.2, 0.25) is 0 Å². The maximum absolute atomic E-state index is 5.98. The lowest BCUT2D eigenvalue weighted by Gasteiger charge is -2.05. The van der Waals surface area contributed by atoms with Crippen LogP contribution in [0.5, 0.6) is 11.6 Å². The summed E-state index contributed by atoms with van der Waals surface area (Å²) in [6, 6.07) is 16.8. The molecule has 8 heteroatoms. The minimum Gasteiger partial charge on any atom is -0.440 e. The van der Waals surface area contributed by atoms with E-state index in [1.54, 1.807) is 29.7 Å². The van der Waals surface area contributed by atoms with E-state index in [0.29, 0.717) is 34.5 Å². The largest absolute Gasteiger partial charge is 0.440 e. The zero-order valence-corrected chi connectivity index (χ0v) is 16.4. The summed E-state index contributed by atoms with van der Waals surface area (Å²) < 4.78 is 11.3. The minimum atomic E-state index is 0.157. The summed E-state index contributed by atoms with van der Waals surface area (Å²) >= 11 is 1.56. The zero-order valence-electron chi connectivity index (χ0n) is 15.6. The second kappa shape index (κ2) is 8.57. The van der Waals surface area contributed by atoms with Gasteiger partial charge in [0.25, 0.3) is 0 Å². The number of oxazole rings is 1. The number of thiophene rings is 1. The SMILES string of the molecule is Cc1oc(-c2cccs2)nc1CON=C(N)c1ccc(Oc2ccccc2)nc1. The quantitative estimate of drug-likeness (QED) is 0.271. The number of oxime groups is 1. The van der Waals surface area contributed by atoms with Crippen molar-refractivity contribution in [3.63, 3.8) is 0 Å². The molecule has 0 aliphatic carbocycles. The monoisotopic (exact) mass is 406 g/mol. The predicted octanol–water partition coefficient (Wildman–Crippen LogP) is 4.74. The molecule has 0 amide bonds. The highest BCUT2D eigenvalue weighted by atomic mass is 32.1. The maximum Gasteiger partial charge on any atom is 0.236 e. The normalized spacial score (nSPS) is 11.4. The second-order valence-electron chi connectivity index (χ2n) is 6.05. The molecule has 0 spiro atoms. The lowest BCUT2D eigenvalue weighted by atomic mass is 10.3.